The van der Waals surface area contributed by atoms with E-state index in [0.717, 1.165) is 26.5 Å². The van der Waals surface area contributed by atoms with Gasteiger partial charge in [0.1, 0.15) is 0 Å². The Morgan fingerprint density at radius 3 is 2.75 bits per heavy atom. The van der Waals surface area contributed by atoms with Gasteiger partial charge in [0.15, 0.2) is 0 Å². The van der Waals surface area contributed by atoms with Gasteiger partial charge in [-0.25, -0.2) is 5.43 Å². The van der Waals surface area contributed by atoms with E-state index >= 15 is 0 Å². The van der Waals surface area contributed by atoms with Crippen LogP contribution in [0.25, 0.3) is 10.8 Å². The fourth-order valence-electron chi connectivity index (χ4n) is 2.29. The minimum absolute atomic E-state index is 0.158. The predicted octanol–water partition coefficient (Wildman–Crippen LogP) is 2.95. The predicted molar refractivity (Wildman–Crippen MR) is 82.8 cm³/mol. The number of nitrogens with two attached hydrogens (primary N) is 1. The summed E-state index contributed by atoms with van der Waals surface area (Å²) in [6, 6.07) is 11.8. The van der Waals surface area contributed by atoms with Gasteiger partial charge in [-0.1, -0.05) is 18.2 Å². The number of nitrogens with zero attached hydrogens (tertiary/aromatic N) is 2. The first kappa shape index (κ1) is 13.2. The van der Waals surface area contributed by atoms with Crippen LogP contribution in [0, 0.1) is 0 Å². The smallest absolute Gasteiger partial charge is 0.0887 e. The van der Waals surface area contributed by atoms with Crippen LogP contribution < -0.4 is 11.3 Å². The highest BCUT2D eigenvalue weighted by atomic mass is 79.9. The van der Waals surface area contributed by atoms with E-state index in [4.69, 9.17) is 5.84 Å². The molecule has 2 aromatic heterocycles. The number of hydrogen-bond acceptors (Lipinski definition) is 4. The van der Waals surface area contributed by atoms with Gasteiger partial charge in [-0.2, -0.15) is 0 Å². The van der Waals surface area contributed by atoms with Crippen molar-refractivity contribution in [1.82, 2.24) is 15.4 Å². The Bertz CT molecular complexity index is 722. The number of rotatable bonds is 3. The van der Waals surface area contributed by atoms with E-state index in [2.05, 4.69) is 37.4 Å². The van der Waals surface area contributed by atoms with Crippen LogP contribution in [0.3, 0.4) is 0 Å². The van der Waals surface area contributed by atoms with E-state index in [9.17, 15) is 0 Å². The van der Waals surface area contributed by atoms with Gasteiger partial charge in [0.05, 0.1) is 11.7 Å². The minimum atomic E-state index is -0.158. The van der Waals surface area contributed by atoms with Crippen LogP contribution in [0.2, 0.25) is 0 Å². The molecule has 0 aliphatic rings. The summed E-state index contributed by atoms with van der Waals surface area (Å²) in [5.41, 5.74) is 4.81. The maximum absolute atomic E-state index is 5.75. The van der Waals surface area contributed by atoms with E-state index in [0.29, 0.717) is 0 Å². The molecule has 0 fully saturated rings. The van der Waals surface area contributed by atoms with Crippen molar-refractivity contribution in [2.24, 2.45) is 5.84 Å². The van der Waals surface area contributed by atoms with Crippen LogP contribution in [0.1, 0.15) is 17.3 Å². The van der Waals surface area contributed by atoms with Gasteiger partial charge in [-0.05, 0) is 45.1 Å². The molecule has 20 heavy (non-hydrogen) atoms. The van der Waals surface area contributed by atoms with Gasteiger partial charge < -0.3 is 0 Å². The molecule has 5 heteroatoms. The summed E-state index contributed by atoms with van der Waals surface area (Å²) in [5, 5.41) is 2.21. The zero-order valence-electron chi connectivity index (χ0n) is 10.6. The van der Waals surface area contributed by atoms with Crippen molar-refractivity contribution < 1.29 is 0 Å². The van der Waals surface area contributed by atoms with Crippen molar-refractivity contribution in [1.29, 1.82) is 0 Å². The summed E-state index contributed by atoms with van der Waals surface area (Å²) in [5.74, 6) is 5.75. The third kappa shape index (κ3) is 2.43. The van der Waals surface area contributed by atoms with E-state index in [1.807, 2.05) is 36.5 Å². The molecule has 0 saturated carbocycles. The molecular weight excluding hydrogens is 316 g/mol. The second-order valence-corrected chi connectivity index (χ2v) is 5.36. The van der Waals surface area contributed by atoms with Crippen molar-refractivity contribution in [3.63, 3.8) is 0 Å². The molecular formula is C15H13BrN4. The van der Waals surface area contributed by atoms with Gasteiger partial charge in [0.2, 0.25) is 0 Å². The number of pyridine rings is 2. The topological polar surface area (TPSA) is 63.8 Å². The SMILES string of the molecule is NNC(c1ccc(Br)cn1)c1cccc2cnccc12. The highest BCUT2D eigenvalue weighted by Crippen LogP contribution is 2.27. The lowest BCUT2D eigenvalue weighted by atomic mass is 9.98. The first-order chi connectivity index (χ1) is 9.79. The normalized spacial score (nSPS) is 12.5. The fourth-order valence-corrected chi connectivity index (χ4v) is 2.53. The summed E-state index contributed by atoms with van der Waals surface area (Å²) in [6.45, 7) is 0. The van der Waals surface area contributed by atoms with Gasteiger partial charge in [0, 0.05) is 28.4 Å². The Labute approximate surface area is 125 Å². The Balaban J connectivity index is 2.14. The lowest BCUT2D eigenvalue weighted by Crippen LogP contribution is -2.29. The van der Waals surface area contributed by atoms with E-state index in [-0.39, 0.29) is 6.04 Å². The van der Waals surface area contributed by atoms with Crippen LogP contribution in [0.5, 0.6) is 0 Å². The monoisotopic (exact) mass is 328 g/mol. The summed E-state index contributed by atoms with van der Waals surface area (Å²) in [6.07, 6.45) is 5.40. The van der Waals surface area contributed by atoms with Gasteiger partial charge in [-0.3, -0.25) is 15.8 Å². The zero-order valence-corrected chi connectivity index (χ0v) is 12.2. The molecule has 0 spiro atoms. The van der Waals surface area contributed by atoms with Crippen LogP contribution in [0.15, 0.2) is 59.5 Å². The second kappa shape index (κ2) is 5.66. The van der Waals surface area contributed by atoms with Gasteiger partial charge in [0.25, 0.3) is 0 Å². The lowest BCUT2D eigenvalue weighted by Gasteiger charge is -2.18. The van der Waals surface area contributed by atoms with Crippen LogP contribution >= 0.6 is 15.9 Å². The average molecular weight is 329 g/mol. The second-order valence-electron chi connectivity index (χ2n) is 4.45. The van der Waals surface area contributed by atoms with Crippen LogP contribution in [-0.4, -0.2) is 9.97 Å². The van der Waals surface area contributed by atoms with E-state index < -0.39 is 0 Å². The molecule has 100 valence electrons. The number of aromatic nitrogens is 2. The maximum atomic E-state index is 5.75. The number of fused-ring (bicyclic) bond motifs is 1. The van der Waals surface area contributed by atoms with Gasteiger partial charge in [-0.15, -0.1) is 0 Å². The largest absolute Gasteiger partial charge is 0.271 e. The van der Waals surface area contributed by atoms with Crippen molar-refractivity contribution >= 4 is 26.7 Å². The molecule has 0 radical (unpaired) electrons. The first-order valence-corrected chi connectivity index (χ1v) is 6.99. The molecule has 2 heterocycles. The zero-order chi connectivity index (χ0) is 13.9. The third-order valence-corrected chi connectivity index (χ3v) is 3.71. The maximum Gasteiger partial charge on any atom is 0.0887 e. The lowest BCUT2D eigenvalue weighted by molar-refractivity contribution is 0.624. The number of hydrogen-bond donors (Lipinski definition) is 2. The van der Waals surface area contributed by atoms with Crippen LogP contribution in [-0.2, 0) is 0 Å². The molecule has 4 nitrogen and oxygen atoms in total. The summed E-state index contributed by atoms with van der Waals surface area (Å²) in [4.78, 5) is 8.58. The number of nitrogens with one attached hydrogen (secondary N) is 1. The molecule has 0 amide bonds. The molecule has 3 N–H and O–H groups in total. The van der Waals surface area contributed by atoms with E-state index in [1.54, 1.807) is 12.4 Å². The molecule has 0 aliphatic heterocycles. The van der Waals surface area contributed by atoms with Crippen molar-refractivity contribution in [2.45, 2.75) is 6.04 Å². The molecule has 3 aromatic rings. The molecule has 0 bridgehead atoms. The number of hydrazine groups is 1. The summed E-state index contributed by atoms with van der Waals surface area (Å²) in [7, 11) is 0. The van der Waals surface area contributed by atoms with Crippen molar-refractivity contribution in [3.8, 4) is 0 Å². The fraction of sp³-hybridized carbons (Fsp3) is 0.0667. The molecule has 1 unspecified atom stereocenters. The Hall–Kier alpha value is -1.82. The first-order valence-electron chi connectivity index (χ1n) is 6.20. The number of benzene rings is 1. The van der Waals surface area contributed by atoms with Gasteiger partial charge >= 0.3 is 0 Å². The van der Waals surface area contributed by atoms with Crippen molar-refractivity contribution in [2.75, 3.05) is 0 Å². The van der Waals surface area contributed by atoms with E-state index in [1.165, 1.54) is 0 Å². The summed E-state index contributed by atoms with van der Waals surface area (Å²) >= 11 is 3.39. The molecule has 0 aliphatic carbocycles. The quantitative estimate of drug-likeness (QED) is 0.573. The third-order valence-electron chi connectivity index (χ3n) is 3.24. The van der Waals surface area contributed by atoms with Crippen LogP contribution in [0.4, 0.5) is 0 Å². The van der Waals surface area contributed by atoms with Crippen molar-refractivity contribution in [3.05, 3.63) is 70.7 Å². The highest BCUT2D eigenvalue weighted by Gasteiger charge is 2.16. The Morgan fingerprint density at radius 2 is 2.00 bits per heavy atom. The molecule has 3 rings (SSSR count). The average Bonchev–Trinajstić information content (AvgIpc) is 2.50. The Kier molecular flexibility index (Phi) is 3.73. The minimum Gasteiger partial charge on any atom is -0.271 e. The number of halogens is 1. The summed E-state index contributed by atoms with van der Waals surface area (Å²) < 4.78 is 0.944. The Morgan fingerprint density at radius 1 is 1.10 bits per heavy atom. The molecule has 1 atom stereocenters. The molecule has 1 aromatic carbocycles. The standard InChI is InChI=1S/C15H13BrN4/c16-11-4-5-14(19-9-11)15(20-17)13-3-1-2-10-8-18-7-6-12(10)13/h1-9,15,20H,17H2. The highest BCUT2D eigenvalue weighted by molar-refractivity contribution is 9.10. The molecule has 0 saturated heterocycles.